The highest BCUT2D eigenvalue weighted by Gasteiger charge is 2.07. The van der Waals surface area contributed by atoms with E-state index in [-0.39, 0.29) is 0 Å². The molecule has 0 amide bonds. The lowest BCUT2D eigenvalue weighted by Crippen LogP contribution is -2.24. The molecule has 0 saturated carbocycles. The van der Waals surface area contributed by atoms with Gasteiger partial charge >= 0.3 is 0 Å². The fourth-order valence-corrected chi connectivity index (χ4v) is 2.16. The van der Waals surface area contributed by atoms with Crippen molar-refractivity contribution in [3.63, 3.8) is 0 Å². The van der Waals surface area contributed by atoms with Gasteiger partial charge in [0.05, 0.1) is 5.69 Å². The summed E-state index contributed by atoms with van der Waals surface area (Å²) in [6.07, 6.45) is 3.49. The lowest BCUT2D eigenvalue weighted by Gasteiger charge is -2.06. The zero-order chi connectivity index (χ0) is 13.4. The third kappa shape index (κ3) is 4.78. The summed E-state index contributed by atoms with van der Waals surface area (Å²) in [6, 6.07) is 0. The van der Waals surface area contributed by atoms with Crippen molar-refractivity contribution in [2.45, 2.75) is 40.0 Å². The molecule has 4 nitrogen and oxygen atoms in total. The van der Waals surface area contributed by atoms with Gasteiger partial charge in [-0.2, -0.15) is 5.10 Å². The van der Waals surface area contributed by atoms with Crippen LogP contribution >= 0.6 is 0 Å². The molecule has 0 radical (unpaired) electrons. The highest BCUT2D eigenvalue weighted by molar-refractivity contribution is 5.24. The van der Waals surface area contributed by atoms with E-state index < -0.39 is 0 Å². The summed E-state index contributed by atoms with van der Waals surface area (Å²) in [5, 5.41) is 11.3. The summed E-state index contributed by atoms with van der Waals surface area (Å²) in [5.41, 5.74) is 3.86. The Morgan fingerprint density at radius 1 is 1.06 bits per heavy atom. The van der Waals surface area contributed by atoms with Gasteiger partial charge in [0.15, 0.2) is 0 Å². The highest BCUT2D eigenvalue weighted by Crippen LogP contribution is 2.11. The number of rotatable bonds is 9. The first kappa shape index (κ1) is 15.2. The summed E-state index contributed by atoms with van der Waals surface area (Å²) in [4.78, 5) is 0. The van der Waals surface area contributed by atoms with E-state index in [0.29, 0.717) is 0 Å². The van der Waals surface area contributed by atoms with Crippen LogP contribution in [-0.2, 0) is 13.5 Å². The minimum atomic E-state index is 1.04. The van der Waals surface area contributed by atoms with E-state index in [1.165, 1.54) is 29.8 Å². The van der Waals surface area contributed by atoms with Gasteiger partial charge < -0.3 is 10.6 Å². The molecule has 0 aliphatic carbocycles. The molecule has 0 bridgehead atoms. The molecule has 0 atom stereocenters. The third-order valence-corrected chi connectivity index (χ3v) is 3.34. The number of nitrogens with one attached hydrogen (secondary N) is 2. The summed E-state index contributed by atoms with van der Waals surface area (Å²) >= 11 is 0. The first-order valence-electron chi connectivity index (χ1n) is 7.07. The maximum atomic E-state index is 4.44. The molecule has 1 rings (SSSR count). The standard InChI is InChI=1S/C14H28N4/c1-5-8-15-9-6-10-16-11-7-14-12(2)17-18(4)13(14)3/h15-16H,5-11H2,1-4H3. The van der Waals surface area contributed by atoms with Gasteiger partial charge in [-0.15, -0.1) is 0 Å². The average molecular weight is 252 g/mol. The molecule has 1 heterocycles. The number of hydrogen-bond donors (Lipinski definition) is 2. The molecule has 0 saturated heterocycles. The average Bonchev–Trinajstić information content (AvgIpc) is 2.58. The van der Waals surface area contributed by atoms with Crippen molar-refractivity contribution < 1.29 is 0 Å². The highest BCUT2D eigenvalue weighted by atomic mass is 15.3. The molecule has 0 aromatic carbocycles. The molecule has 104 valence electrons. The predicted molar refractivity (Wildman–Crippen MR) is 77.0 cm³/mol. The van der Waals surface area contributed by atoms with Gasteiger partial charge in [-0.3, -0.25) is 4.68 Å². The van der Waals surface area contributed by atoms with E-state index in [1.54, 1.807) is 0 Å². The SMILES string of the molecule is CCCNCCCNCCc1c(C)nn(C)c1C. The van der Waals surface area contributed by atoms with Crippen LogP contribution in [0.3, 0.4) is 0 Å². The summed E-state index contributed by atoms with van der Waals surface area (Å²) in [5.74, 6) is 0. The summed E-state index contributed by atoms with van der Waals surface area (Å²) in [7, 11) is 2.01. The minimum Gasteiger partial charge on any atom is -0.317 e. The molecule has 0 spiro atoms. The van der Waals surface area contributed by atoms with Crippen LogP contribution < -0.4 is 10.6 Å². The van der Waals surface area contributed by atoms with Crippen molar-refractivity contribution in [3.8, 4) is 0 Å². The number of aryl methyl sites for hydroxylation is 2. The van der Waals surface area contributed by atoms with Crippen molar-refractivity contribution in [3.05, 3.63) is 17.0 Å². The fourth-order valence-electron chi connectivity index (χ4n) is 2.16. The summed E-state index contributed by atoms with van der Waals surface area (Å²) < 4.78 is 1.97. The molecular weight excluding hydrogens is 224 g/mol. The Bertz CT molecular complexity index is 344. The van der Waals surface area contributed by atoms with Crippen molar-refractivity contribution >= 4 is 0 Å². The Balaban J connectivity index is 2.11. The van der Waals surface area contributed by atoms with Crippen LogP contribution in [0.4, 0.5) is 0 Å². The van der Waals surface area contributed by atoms with Gasteiger partial charge in [0.25, 0.3) is 0 Å². The second kappa shape index (κ2) is 8.27. The smallest absolute Gasteiger partial charge is 0.0628 e. The predicted octanol–water partition coefficient (Wildman–Crippen LogP) is 1.56. The molecule has 0 aliphatic heterocycles. The first-order valence-corrected chi connectivity index (χ1v) is 7.07. The van der Waals surface area contributed by atoms with Gasteiger partial charge in [0, 0.05) is 12.7 Å². The first-order chi connectivity index (χ1) is 8.66. The van der Waals surface area contributed by atoms with Gasteiger partial charge in [0.1, 0.15) is 0 Å². The third-order valence-electron chi connectivity index (χ3n) is 3.34. The van der Waals surface area contributed by atoms with Crippen LogP contribution in [-0.4, -0.2) is 36.0 Å². The molecular formula is C14H28N4. The molecule has 1 aromatic rings. The van der Waals surface area contributed by atoms with Crippen LogP contribution in [0, 0.1) is 13.8 Å². The topological polar surface area (TPSA) is 41.9 Å². The van der Waals surface area contributed by atoms with Gasteiger partial charge in [-0.1, -0.05) is 6.92 Å². The molecule has 4 heteroatoms. The van der Waals surface area contributed by atoms with E-state index >= 15 is 0 Å². The normalized spacial score (nSPS) is 11.1. The van der Waals surface area contributed by atoms with Crippen LogP contribution in [0.25, 0.3) is 0 Å². The number of nitrogens with zero attached hydrogens (tertiary/aromatic N) is 2. The second-order valence-electron chi connectivity index (χ2n) is 4.88. The van der Waals surface area contributed by atoms with Crippen LogP contribution in [0.15, 0.2) is 0 Å². The van der Waals surface area contributed by atoms with E-state index in [2.05, 4.69) is 36.5 Å². The molecule has 18 heavy (non-hydrogen) atoms. The maximum absolute atomic E-state index is 4.44. The van der Waals surface area contributed by atoms with E-state index in [0.717, 1.165) is 32.6 Å². The Kier molecular flexibility index (Phi) is 6.98. The molecule has 0 aliphatic rings. The van der Waals surface area contributed by atoms with Gasteiger partial charge in [-0.05, 0) is 64.9 Å². The summed E-state index contributed by atoms with van der Waals surface area (Å²) in [6.45, 7) is 10.8. The van der Waals surface area contributed by atoms with E-state index in [1.807, 2.05) is 11.7 Å². The van der Waals surface area contributed by atoms with Gasteiger partial charge in [0.2, 0.25) is 0 Å². The van der Waals surface area contributed by atoms with Crippen molar-refractivity contribution in [1.82, 2.24) is 20.4 Å². The monoisotopic (exact) mass is 252 g/mol. The van der Waals surface area contributed by atoms with Crippen molar-refractivity contribution in [2.24, 2.45) is 7.05 Å². The van der Waals surface area contributed by atoms with Crippen molar-refractivity contribution in [1.29, 1.82) is 0 Å². The lowest BCUT2D eigenvalue weighted by molar-refractivity contribution is 0.592. The Labute approximate surface area is 111 Å². The zero-order valence-corrected chi connectivity index (χ0v) is 12.3. The Hall–Kier alpha value is -0.870. The molecule has 0 unspecified atom stereocenters. The van der Waals surface area contributed by atoms with Crippen LogP contribution in [0.1, 0.15) is 36.7 Å². The van der Waals surface area contributed by atoms with E-state index in [9.17, 15) is 0 Å². The number of aromatic nitrogens is 2. The van der Waals surface area contributed by atoms with Crippen LogP contribution in [0.5, 0.6) is 0 Å². The molecule has 0 fully saturated rings. The fraction of sp³-hybridized carbons (Fsp3) is 0.786. The maximum Gasteiger partial charge on any atom is 0.0628 e. The lowest BCUT2D eigenvalue weighted by atomic mass is 10.1. The minimum absolute atomic E-state index is 1.04. The molecule has 1 aromatic heterocycles. The largest absolute Gasteiger partial charge is 0.317 e. The van der Waals surface area contributed by atoms with E-state index in [4.69, 9.17) is 0 Å². The Morgan fingerprint density at radius 2 is 1.72 bits per heavy atom. The van der Waals surface area contributed by atoms with Crippen molar-refractivity contribution in [2.75, 3.05) is 26.2 Å². The zero-order valence-electron chi connectivity index (χ0n) is 12.3. The second-order valence-corrected chi connectivity index (χ2v) is 4.88. The Morgan fingerprint density at radius 3 is 2.28 bits per heavy atom. The quantitative estimate of drug-likeness (QED) is 0.655. The number of hydrogen-bond acceptors (Lipinski definition) is 3. The van der Waals surface area contributed by atoms with Crippen LogP contribution in [0.2, 0.25) is 0 Å². The molecule has 2 N–H and O–H groups in total. The van der Waals surface area contributed by atoms with Gasteiger partial charge in [-0.25, -0.2) is 0 Å².